The predicted molar refractivity (Wildman–Crippen MR) is 99.0 cm³/mol. The number of halogens is 1. The Kier molecular flexibility index (Phi) is 4.76. The van der Waals surface area contributed by atoms with Gasteiger partial charge in [0.2, 0.25) is 5.91 Å². The zero-order chi connectivity index (χ0) is 17.1. The van der Waals surface area contributed by atoms with E-state index in [1.54, 1.807) is 12.1 Å². The first-order valence-electron chi connectivity index (χ1n) is 7.77. The van der Waals surface area contributed by atoms with Crippen LogP contribution in [0.5, 0.6) is 0 Å². The summed E-state index contributed by atoms with van der Waals surface area (Å²) in [5.74, 6) is -0.459. The van der Waals surface area contributed by atoms with Crippen LogP contribution < -0.4 is 15.5 Å². The number of carbonyl (C=O) groups excluding carboxylic acids is 1. The van der Waals surface area contributed by atoms with Crippen LogP contribution in [0.4, 0.5) is 21.5 Å². The van der Waals surface area contributed by atoms with Crippen LogP contribution >= 0.6 is 12.2 Å². The van der Waals surface area contributed by atoms with Gasteiger partial charge in [0, 0.05) is 24.3 Å². The van der Waals surface area contributed by atoms with Crippen molar-refractivity contribution < 1.29 is 9.18 Å². The molecule has 2 N–H and O–H groups in total. The Morgan fingerprint density at radius 3 is 2.46 bits per heavy atom. The molecule has 2 aromatic rings. The zero-order valence-corrected chi connectivity index (χ0v) is 14.1. The van der Waals surface area contributed by atoms with E-state index in [1.807, 2.05) is 31.2 Å². The van der Waals surface area contributed by atoms with Gasteiger partial charge in [0.1, 0.15) is 5.82 Å². The van der Waals surface area contributed by atoms with Crippen molar-refractivity contribution in [1.82, 2.24) is 0 Å². The molecular formula is C18H18FN3OS. The van der Waals surface area contributed by atoms with E-state index in [1.165, 1.54) is 11.0 Å². The molecule has 1 heterocycles. The highest BCUT2D eigenvalue weighted by atomic mass is 32.1. The average Bonchev–Trinajstić information content (AvgIpc) is 2.97. The first-order chi connectivity index (χ1) is 11.5. The van der Waals surface area contributed by atoms with Gasteiger partial charge in [-0.1, -0.05) is 17.7 Å². The molecule has 24 heavy (non-hydrogen) atoms. The van der Waals surface area contributed by atoms with Gasteiger partial charge >= 0.3 is 0 Å². The smallest absolute Gasteiger partial charge is 0.227 e. The van der Waals surface area contributed by atoms with Crippen LogP contribution in [0.1, 0.15) is 18.4 Å². The van der Waals surface area contributed by atoms with Gasteiger partial charge in [-0.2, -0.15) is 0 Å². The lowest BCUT2D eigenvalue weighted by Crippen LogP contribution is -2.25. The maximum atomic E-state index is 14.0. The molecule has 1 fully saturated rings. The van der Waals surface area contributed by atoms with Crippen molar-refractivity contribution in [3.8, 4) is 0 Å². The summed E-state index contributed by atoms with van der Waals surface area (Å²) in [4.78, 5) is 13.3. The Balaban J connectivity index is 1.71. The average molecular weight is 343 g/mol. The second-order valence-corrected chi connectivity index (χ2v) is 6.17. The minimum atomic E-state index is -0.409. The molecule has 6 heteroatoms. The van der Waals surface area contributed by atoms with Crippen molar-refractivity contribution in [2.24, 2.45) is 0 Å². The fourth-order valence-electron chi connectivity index (χ4n) is 2.63. The van der Waals surface area contributed by atoms with E-state index in [-0.39, 0.29) is 5.91 Å². The minimum absolute atomic E-state index is 0.0496. The van der Waals surface area contributed by atoms with Gasteiger partial charge in [0.15, 0.2) is 5.11 Å². The third-order valence-electron chi connectivity index (χ3n) is 3.88. The molecule has 0 unspecified atom stereocenters. The summed E-state index contributed by atoms with van der Waals surface area (Å²) in [5.41, 5.74) is 2.96. The summed E-state index contributed by atoms with van der Waals surface area (Å²) in [6.45, 7) is 2.56. The monoisotopic (exact) mass is 343 g/mol. The summed E-state index contributed by atoms with van der Waals surface area (Å²) in [5, 5.41) is 6.51. The second kappa shape index (κ2) is 6.97. The van der Waals surface area contributed by atoms with Gasteiger partial charge in [-0.05, 0) is 55.9 Å². The van der Waals surface area contributed by atoms with Gasteiger partial charge in [-0.3, -0.25) is 4.79 Å². The van der Waals surface area contributed by atoms with Crippen LogP contribution in [0, 0.1) is 12.7 Å². The number of benzene rings is 2. The van der Waals surface area contributed by atoms with Crippen molar-refractivity contribution in [2.45, 2.75) is 19.8 Å². The molecule has 124 valence electrons. The standard InChI is InChI=1S/C18H18FN3OS/c1-12-4-6-13(7-5-12)20-18(24)21-14-8-9-15(19)16(11-14)22-10-2-3-17(22)23/h4-9,11H,2-3,10H2,1H3,(H2,20,21,24). The lowest BCUT2D eigenvalue weighted by molar-refractivity contribution is -0.117. The van der Waals surface area contributed by atoms with Crippen LogP contribution in [0.2, 0.25) is 0 Å². The number of hydrogen-bond donors (Lipinski definition) is 2. The van der Waals surface area contributed by atoms with Crippen LogP contribution in [0.3, 0.4) is 0 Å². The van der Waals surface area contributed by atoms with E-state index in [0.29, 0.717) is 29.5 Å². The maximum Gasteiger partial charge on any atom is 0.227 e. The Morgan fingerprint density at radius 2 is 1.79 bits per heavy atom. The molecule has 0 aromatic heterocycles. The minimum Gasteiger partial charge on any atom is -0.332 e. The molecule has 0 atom stereocenters. The predicted octanol–water partition coefficient (Wildman–Crippen LogP) is 4.07. The van der Waals surface area contributed by atoms with Gasteiger partial charge in [0.05, 0.1) is 5.69 Å². The van der Waals surface area contributed by atoms with Crippen LogP contribution in [-0.2, 0) is 4.79 Å². The molecule has 0 aliphatic carbocycles. The summed E-state index contributed by atoms with van der Waals surface area (Å²) < 4.78 is 14.0. The molecule has 0 spiro atoms. The molecule has 0 radical (unpaired) electrons. The SMILES string of the molecule is Cc1ccc(NC(=S)Nc2ccc(F)c(N3CCCC3=O)c2)cc1. The number of carbonyl (C=O) groups is 1. The number of anilines is 3. The quantitative estimate of drug-likeness (QED) is 0.825. The molecule has 0 saturated carbocycles. The number of nitrogens with zero attached hydrogens (tertiary/aromatic N) is 1. The van der Waals surface area contributed by atoms with E-state index in [2.05, 4.69) is 10.6 Å². The number of rotatable bonds is 3. The number of thiocarbonyl (C=S) groups is 1. The molecule has 1 saturated heterocycles. The van der Waals surface area contributed by atoms with Crippen molar-refractivity contribution in [1.29, 1.82) is 0 Å². The second-order valence-electron chi connectivity index (χ2n) is 5.76. The first-order valence-corrected chi connectivity index (χ1v) is 8.18. The molecule has 0 bridgehead atoms. The molecule has 2 aromatic carbocycles. The van der Waals surface area contributed by atoms with E-state index in [0.717, 1.165) is 17.7 Å². The highest BCUT2D eigenvalue weighted by molar-refractivity contribution is 7.80. The topological polar surface area (TPSA) is 44.4 Å². The maximum absolute atomic E-state index is 14.0. The number of nitrogens with one attached hydrogen (secondary N) is 2. The van der Waals surface area contributed by atoms with Crippen molar-refractivity contribution in [3.63, 3.8) is 0 Å². The van der Waals surface area contributed by atoms with E-state index in [9.17, 15) is 9.18 Å². The molecule has 3 rings (SSSR count). The summed E-state index contributed by atoms with van der Waals surface area (Å²) in [7, 11) is 0. The number of aryl methyl sites for hydroxylation is 1. The summed E-state index contributed by atoms with van der Waals surface area (Å²) in [6.07, 6.45) is 1.22. The van der Waals surface area contributed by atoms with Crippen LogP contribution in [-0.4, -0.2) is 17.6 Å². The Labute approximate surface area is 145 Å². The third-order valence-corrected chi connectivity index (χ3v) is 4.08. The van der Waals surface area contributed by atoms with Crippen molar-refractivity contribution >= 4 is 40.3 Å². The van der Waals surface area contributed by atoms with Gasteiger partial charge < -0.3 is 15.5 Å². The molecule has 4 nitrogen and oxygen atoms in total. The van der Waals surface area contributed by atoms with Gasteiger partial charge in [0.25, 0.3) is 0 Å². The van der Waals surface area contributed by atoms with Crippen molar-refractivity contribution in [3.05, 3.63) is 53.8 Å². The Morgan fingerprint density at radius 1 is 1.12 bits per heavy atom. The molecular weight excluding hydrogens is 325 g/mol. The van der Waals surface area contributed by atoms with E-state index >= 15 is 0 Å². The number of hydrogen-bond acceptors (Lipinski definition) is 2. The highest BCUT2D eigenvalue weighted by Crippen LogP contribution is 2.27. The van der Waals surface area contributed by atoms with E-state index < -0.39 is 5.82 Å². The highest BCUT2D eigenvalue weighted by Gasteiger charge is 2.24. The van der Waals surface area contributed by atoms with Crippen molar-refractivity contribution in [2.75, 3.05) is 22.1 Å². The summed E-state index contributed by atoms with van der Waals surface area (Å²) >= 11 is 5.29. The summed E-state index contributed by atoms with van der Waals surface area (Å²) in [6, 6.07) is 12.4. The zero-order valence-electron chi connectivity index (χ0n) is 13.3. The fourth-order valence-corrected chi connectivity index (χ4v) is 2.87. The van der Waals surface area contributed by atoms with Gasteiger partial charge in [-0.15, -0.1) is 0 Å². The van der Waals surface area contributed by atoms with E-state index in [4.69, 9.17) is 12.2 Å². The first kappa shape index (κ1) is 16.4. The van der Waals surface area contributed by atoms with Crippen LogP contribution in [0.25, 0.3) is 0 Å². The lowest BCUT2D eigenvalue weighted by Gasteiger charge is -2.18. The molecule has 1 aliphatic rings. The Bertz CT molecular complexity index is 776. The third kappa shape index (κ3) is 3.71. The largest absolute Gasteiger partial charge is 0.332 e. The molecule has 1 aliphatic heterocycles. The van der Waals surface area contributed by atoms with Crippen LogP contribution in [0.15, 0.2) is 42.5 Å². The molecule has 1 amide bonds. The fraction of sp³-hybridized carbons (Fsp3) is 0.222. The lowest BCUT2D eigenvalue weighted by atomic mass is 10.2. The normalized spacial score (nSPS) is 13.9. The Hall–Kier alpha value is -2.47. The van der Waals surface area contributed by atoms with Gasteiger partial charge in [-0.25, -0.2) is 4.39 Å². The number of amides is 1.